The van der Waals surface area contributed by atoms with Gasteiger partial charge in [-0.25, -0.2) is 4.79 Å². The monoisotopic (exact) mass is 335 g/mol. The molecule has 4 aliphatic rings. The minimum Gasteiger partial charge on any atom is -0.465 e. The summed E-state index contributed by atoms with van der Waals surface area (Å²) in [5, 5.41) is 12.1. The van der Waals surface area contributed by atoms with Crippen LogP contribution < -0.4 is 10.2 Å². The maximum Gasteiger partial charge on any atom is 0.405 e. The number of hydrogen-bond donors (Lipinski definition) is 2. The van der Waals surface area contributed by atoms with Crippen LogP contribution in [0.25, 0.3) is 0 Å². The topological polar surface area (TPSA) is 72.9 Å². The molecule has 1 aromatic carbocycles. The van der Waals surface area contributed by atoms with E-state index in [1.165, 1.54) is 0 Å². The number of anilines is 1. The summed E-state index contributed by atoms with van der Waals surface area (Å²) in [6.45, 7) is 1.84. The summed E-state index contributed by atoms with van der Waals surface area (Å²) in [4.78, 5) is 27.4. The summed E-state index contributed by atoms with van der Waals surface area (Å²) < 4.78 is 0. The van der Waals surface area contributed by atoms with Gasteiger partial charge in [0, 0.05) is 29.3 Å². The molecule has 23 heavy (non-hydrogen) atoms. The number of nitrogens with zero attached hydrogens (tertiary/aromatic N) is 2. The number of carbonyl (C=O) groups is 2. The largest absolute Gasteiger partial charge is 0.465 e. The summed E-state index contributed by atoms with van der Waals surface area (Å²) in [6.07, 6.45) is 1.27. The summed E-state index contributed by atoms with van der Waals surface area (Å²) >= 11 is 5.90. The van der Waals surface area contributed by atoms with Crippen LogP contribution in [-0.4, -0.2) is 52.7 Å². The minimum atomic E-state index is -0.975. The molecule has 0 unspecified atom stereocenters. The van der Waals surface area contributed by atoms with Gasteiger partial charge in [-0.3, -0.25) is 4.79 Å². The lowest BCUT2D eigenvalue weighted by atomic mass is 9.43. The van der Waals surface area contributed by atoms with Crippen LogP contribution >= 0.6 is 11.6 Å². The van der Waals surface area contributed by atoms with Gasteiger partial charge in [0.15, 0.2) is 0 Å². The summed E-state index contributed by atoms with van der Waals surface area (Å²) in [7, 11) is 0. The number of rotatable bonds is 3. The highest BCUT2D eigenvalue weighted by molar-refractivity contribution is 6.30. The first-order valence-electron chi connectivity index (χ1n) is 7.74. The van der Waals surface area contributed by atoms with E-state index in [4.69, 9.17) is 16.7 Å². The highest BCUT2D eigenvalue weighted by Gasteiger charge is 2.72. The zero-order valence-corrected chi connectivity index (χ0v) is 13.3. The molecule has 7 heteroatoms. The van der Waals surface area contributed by atoms with Crippen molar-refractivity contribution in [1.82, 2.24) is 10.2 Å². The average Bonchev–Trinajstić information content (AvgIpc) is 2.42. The van der Waals surface area contributed by atoms with Crippen LogP contribution in [0.5, 0.6) is 0 Å². The van der Waals surface area contributed by atoms with Gasteiger partial charge in [-0.2, -0.15) is 0 Å². The first-order valence-corrected chi connectivity index (χ1v) is 8.11. The molecule has 3 saturated carbocycles. The van der Waals surface area contributed by atoms with E-state index in [0.717, 1.165) is 31.5 Å². The Hall–Kier alpha value is -1.95. The summed E-state index contributed by atoms with van der Waals surface area (Å²) in [6, 6.07) is 7.52. The molecule has 0 aromatic heterocycles. The highest BCUT2D eigenvalue weighted by Crippen LogP contribution is 2.63. The van der Waals surface area contributed by atoms with Crippen LogP contribution in [0, 0.1) is 0 Å². The number of amides is 2. The molecule has 2 N–H and O–H groups in total. The number of hydrogen-bond acceptors (Lipinski definition) is 3. The lowest BCUT2D eigenvalue weighted by Gasteiger charge is -2.73. The lowest BCUT2D eigenvalue weighted by molar-refractivity contribution is -0.188. The standard InChI is InChI=1S/C16H18ClN3O3/c17-11-1-3-12(4-2-11)19-5-6-20(13(21)7-19)16-8-15(9-16,10-16)18-14(22)23/h1-4,18H,5-10H2,(H,22,23). The van der Waals surface area contributed by atoms with Gasteiger partial charge in [0.1, 0.15) is 0 Å². The fourth-order valence-electron chi connectivity index (χ4n) is 4.43. The molecule has 6 nitrogen and oxygen atoms in total. The summed E-state index contributed by atoms with van der Waals surface area (Å²) in [5.74, 6) is 0.120. The Morgan fingerprint density at radius 2 is 1.83 bits per heavy atom. The third-order valence-corrected chi connectivity index (χ3v) is 5.61. The van der Waals surface area contributed by atoms with E-state index < -0.39 is 6.09 Å². The first kappa shape index (κ1) is 14.6. The number of halogens is 1. The number of nitrogens with one attached hydrogen (secondary N) is 1. The molecule has 0 atom stereocenters. The molecule has 0 spiro atoms. The Balaban J connectivity index is 1.39. The molecule has 1 aliphatic heterocycles. The van der Waals surface area contributed by atoms with Gasteiger partial charge in [-0.15, -0.1) is 0 Å². The van der Waals surface area contributed by atoms with Crippen LogP contribution in [-0.2, 0) is 4.79 Å². The van der Waals surface area contributed by atoms with Crippen LogP contribution in [0.3, 0.4) is 0 Å². The van der Waals surface area contributed by atoms with Gasteiger partial charge < -0.3 is 20.2 Å². The molecule has 2 amide bonds. The van der Waals surface area contributed by atoms with E-state index in [1.54, 1.807) is 0 Å². The van der Waals surface area contributed by atoms with Crippen molar-refractivity contribution in [1.29, 1.82) is 0 Å². The molecule has 1 aromatic rings. The van der Waals surface area contributed by atoms with E-state index in [9.17, 15) is 9.59 Å². The average molecular weight is 336 g/mol. The van der Waals surface area contributed by atoms with E-state index in [0.29, 0.717) is 18.1 Å². The van der Waals surface area contributed by atoms with Gasteiger partial charge in [-0.1, -0.05) is 11.6 Å². The van der Waals surface area contributed by atoms with E-state index >= 15 is 0 Å². The van der Waals surface area contributed by atoms with Gasteiger partial charge in [0.25, 0.3) is 0 Å². The van der Waals surface area contributed by atoms with Crippen molar-refractivity contribution in [2.24, 2.45) is 0 Å². The molecule has 1 heterocycles. The molecule has 2 bridgehead atoms. The second-order valence-electron chi connectivity index (χ2n) is 6.91. The number of carboxylic acid groups (broad SMARTS) is 1. The Kier molecular flexibility index (Phi) is 3.04. The molecular formula is C16H18ClN3O3. The fraction of sp³-hybridized carbons (Fsp3) is 0.500. The van der Waals surface area contributed by atoms with E-state index in [1.807, 2.05) is 29.2 Å². The Morgan fingerprint density at radius 3 is 2.39 bits per heavy atom. The SMILES string of the molecule is O=C(O)NC12CC(N3CCN(c4ccc(Cl)cc4)CC3=O)(C1)C2. The molecule has 4 fully saturated rings. The molecular weight excluding hydrogens is 318 g/mol. The third-order valence-electron chi connectivity index (χ3n) is 5.36. The first-order chi connectivity index (χ1) is 10.9. The van der Waals surface area contributed by atoms with Gasteiger partial charge in [-0.05, 0) is 43.5 Å². The maximum absolute atomic E-state index is 12.6. The fourth-order valence-corrected chi connectivity index (χ4v) is 4.55. The van der Waals surface area contributed by atoms with Crippen molar-refractivity contribution in [3.8, 4) is 0 Å². The van der Waals surface area contributed by atoms with E-state index in [2.05, 4.69) is 10.2 Å². The number of carbonyl (C=O) groups excluding carboxylic acids is 1. The van der Waals surface area contributed by atoms with Crippen LogP contribution in [0.15, 0.2) is 24.3 Å². The third kappa shape index (κ3) is 2.24. The molecule has 5 rings (SSSR count). The summed E-state index contributed by atoms with van der Waals surface area (Å²) in [5.41, 5.74) is 0.620. The van der Waals surface area contributed by atoms with Crippen molar-refractivity contribution < 1.29 is 14.7 Å². The minimum absolute atomic E-state index is 0.106. The maximum atomic E-state index is 12.6. The van der Waals surface area contributed by atoms with Crippen molar-refractivity contribution in [3.05, 3.63) is 29.3 Å². The zero-order chi connectivity index (χ0) is 16.2. The zero-order valence-electron chi connectivity index (χ0n) is 12.6. The van der Waals surface area contributed by atoms with Crippen LogP contribution in [0.2, 0.25) is 5.02 Å². The Labute approximate surface area is 139 Å². The second kappa shape index (κ2) is 4.77. The molecule has 0 radical (unpaired) electrons. The van der Waals surface area contributed by atoms with Gasteiger partial charge in [0.2, 0.25) is 5.91 Å². The van der Waals surface area contributed by atoms with Crippen molar-refractivity contribution >= 4 is 29.3 Å². The van der Waals surface area contributed by atoms with E-state index in [-0.39, 0.29) is 17.0 Å². The molecule has 3 aliphatic carbocycles. The second-order valence-corrected chi connectivity index (χ2v) is 7.34. The predicted molar refractivity (Wildman–Crippen MR) is 85.9 cm³/mol. The van der Waals surface area contributed by atoms with Crippen molar-refractivity contribution in [2.45, 2.75) is 30.3 Å². The Morgan fingerprint density at radius 1 is 1.17 bits per heavy atom. The quantitative estimate of drug-likeness (QED) is 0.885. The van der Waals surface area contributed by atoms with Crippen LogP contribution in [0.4, 0.5) is 10.5 Å². The van der Waals surface area contributed by atoms with Crippen molar-refractivity contribution in [3.63, 3.8) is 0 Å². The van der Waals surface area contributed by atoms with Gasteiger partial charge >= 0.3 is 6.09 Å². The number of piperazine rings is 1. The normalized spacial score (nSPS) is 32.1. The highest BCUT2D eigenvalue weighted by atomic mass is 35.5. The Bertz CT molecular complexity index is 656. The van der Waals surface area contributed by atoms with Crippen LogP contribution in [0.1, 0.15) is 19.3 Å². The smallest absolute Gasteiger partial charge is 0.405 e. The predicted octanol–water partition coefficient (Wildman–Crippen LogP) is 1.93. The number of benzene rings is 1. The van der Waals surface area contributed by atoms with Gasteiger partial charge in [0.05, 0.1) is 12.1 Å². The molecule has 1 saturated heterocycles. The van der Waals surface area contributed by atoms with Crippen molar-refractivity contribution in [2.75, 3.05) is 24.5 Å². The molecule has 122 valence electrons. The lowest BCUT2D eigenvalue weighted by Crippen LogP contribution is -2.85.